The van der Waals surface area contributed by atoms with Gasteiger partial charge in [-0.2, -0.15) is 0 Å². The number of anilines is 1. The molecular formula is C17H14FN3O2. The zero-order valence-electron chi connectivity index (χ0n) is 12.6. The van der Waals surface area contributed by atoms with Crippen molar-refractivity contribution in [1.29, 1.82) is 0 Å². The highest BCUT2D eigenvalue weighted by atomic mass is 19.1. The van der Waals surface area contributed by atoms with Gasteiger partial charge in [0.05, 0.1) is 18.1 Å². The Labute approximate surface area is 132 Å². The highest BCUT2D eigenvalue weighted by Crippen LogP contribution is 2.21. The lowest BCUT2D eigenvalue weighted by Crippen LogP contribution is -2.16. The second-order valence-electron chi connectivity index (χ2n) is 4.98. The minimum atomic E-state index is -0.506. The number of rotatable bonds is 3. The van der Waals surface area contributed by atoms with Gasteiger partial charge in [0.25, 0.3) is 5.91 Å². The van der Waals surface area contributed by atoms with E-state index in [1.807, 2.05) is 12.1 Å². The highest BCUT2D eigenvalue weighted by molar-refractivity contribution is 6.05. The number of fused-ring (bicyclic) bond motifs is 1. The fourth-order valence-corrected chi connectivity index (χ4v) is 2.18. The first-order chi connectivity index (χ1) is 11.1. The van der Waals surface area contributed by atoms with Crippen molar-refractivity contribution in [2.45, 2.75) is 6.92 Å². The van der Waals surface area contributed by atoms with Crippen LogP contribution in [0.15, 0.2) is 42.5 Å². The lowest BCUT2D eigenvalue weighted by molar-refractivity contribution is 0.101. The summed E-state index contributed by atoms with van der Waals surface area (Å²) in [5, 5.41) is 2.65. The van der Waals surface area contributed by atoms with Crippen molar-refractivity contribution < 1.29 is 13.9 Å². The number of aryl methyl sites for hydroxylation is 1. The van der Waals surface area contributed by atoms with Crippen LogP contribution in [-0.4, -0.2) is 23.0 Å². The molecule has 0 unspecified atom stereocenters. The molecule has 0 aliphatic carbocycles. The van der Waals surface area contributed by atoms with E-state index in [1.165, 1.54) is 19.2 Å². The van der Waals surface area contributed by atoms with Crippen LogP contribution in [0.25, 0.3) is 11.0 Å². The largest absolute Gasteiger partial charge is 0.479 e. The van der Waals surface area contributed by atoms with E-state index in [4.69, 9.17) is 4.74 Å². The molecule has 6 heteroatoms. The number of ether oxygens (including phenoxy) is 1. The van der Waals surface area contributed by atoms with Crippen LogP contribution in [0.5, 0.6) is 5.88 Å². The molecule has 1 amide bonds. The van der Waals surface area contributed by atoms with E-state index in [2.05, 4.69) is 15.3 Å². The first-order valence-corrected chi connectivity index (χ1v) is 6.97. The molecule has 3 rings (SSSR count). The van der Waals surface area contributed by atoms with E-state index < -0.39 is 11.7 Å². The molecule has 23 heavy (non-hydrogen) atoms. The Balaban J connectivity index is 2.01. The van der Waals surface area contributed by atoms with E-state index in [-0.39, 0.29) is 11.6 Å². The van der Waals surface area contributed by atoms with Gasteiger partial charge in [-0.15, -0.1) is 0 Å². The van der Waals surface area contributed by atoms with Gasteiger partial charge in [-0.25, -0.2) is 14.4 Å². The smallest absolute Gasteiger partial charge is 0.279 e. The van der Waals surface area contributed by atoms with Gasteiger partial charge in [0, 0.05) is 5.69 Å². The van der Waals surface area contributed by atoms with Crippen LogP contribution < -0.4 is 10.1 Å². The summed E-state index contributed by atoms with van der Waals surface area (Å²) in [6.07, 6.45) is 0. The zero-order chi connectivity index (χ0) is 16.4. The maximum atomic E-state index is 13.3. The zero-order valence-corrected chi connectivity index (χ0v) is 12.6. The van der Waals surface area contributed by atoms with E-state index >= 15 is 0 Å². The van der Waals surface area contributed by atoms with Crippen LogP contribution in [0, 0.1) is 12.7 Å². The number of benzene rings is 2. The number of para-hydroxylation sites is 2. The van der Waals surface area contributed by atoms with Gasteiger partial charge < -0.3 is 10.1 Å². The number of nitrogens with one attached hydrogen (secondary N) is 1. The molecule has 5 nitrogen and oxygen atoms in total. The third-order valence-electron chi connectivity index (χ3n) is 3.39. The molecule has 0 saturated carbocycles. The molecule has 1 aromatic heterocycles. The number of aromatic nitrogens is 2. The Bertz CT molecular complexity index is 896. The van der Waals surface area contributed by atoms with Crippen molar-refractivity contribution >= 4 is 22.6 Å². The van der Waals surface area contributed by atoms with Crippen LogP contribution in [-0.2, 0) is 0 Å². The first kappa shape index (κ1) is 14.9. The third-order valence-corrected chi connectivity index (χ3v) is 3.39. The Morgan fingerprint density at radius 1 is 1.13 bits per heavy atom. The van der Waals surface area contributed by atoms with Gasteiger partial charge in [0.2, 0.25) is 5.88 Å². The first-order valence-electron chi connectivity index (χ1n) is 6.97. The third kappa shape index (κ3) is 2.96. The van der Waals surface area contributed by atoms with Gasteiger partial charge >= 0.3 is 0 Å². The summed E-state index contributed by atoms with van der Waals surface area (Å²) in [5.41, 5.74) is 2.38. The molecule has 0 fully saturated rings. The monoisotopic (exact) mass is 311 g/mol. The summed E-state index contributed by atoms with van der Waals surface area (Å²) < 4.78 is 18.5. The van der Waals surface area contributed by atoms with Crippen molar-refractivity contribution in [1.82, 2.24) is 9.97 Å². The number of carbonyl (C=O) groups excluding carboxylic acids is 1. The van der Waals surface area contributed by atoms with Crippen molar-refractivity contribution in [2.24, 2.45) is 0 Å². The minimum Gasteiger partial charge on any atom is -0.479 e. The standard InChI is InChI=1S/C17H14FN3O2/c1-10-7-8-11(18)9-14(10)20-16(22)15-17(23-2)21-13-6-4-3-5-12(13)19-15/h3-9H,1-2H3,(H,20,22). The van der Waals surface area contributed by atoms with Gasteiger partial charge in [-0.05, 0) is 36.8 Å². The van der Waals surface area contributed by atoms with Gasteiger partial charge in [-0.3, -0.25) is 4.79 Å². The summed E-state index contributed by atoms with van der Waals surface area (Å²) >= 11 is 0. The molecule has 0 radical (unpaired) electrons. The van der Waals surface area contributed by atoms with E-state index in [9.17, 15) is 9.18 Å². The number of halogens is 1. The average Bonchev–Trinajstić information content (AvgIpc) is 2.56. The molecule has 0 saturated heterocycles. The van der Waals surface area contributed by atoms with Crippen LogP contribution in [0.2, 0.25) is 0 Å². The average molecular weight is 311 g/mol. The van der Waals surface area contributed by atoms with Gasteiger partial charge in [-0.1, -0.05) is 18.2 Å². The molecule has 0 spiro atoms. The molecule has 1 heterocycles. The number of amides is 1. The predicted octanol–water partition coefficient (Wildman–Crippen LogP) is 3.34. The van der Waals surface area contributed by atoms with Crippen LogP contribution in [0.4, 0.5) is 10.1 Å². The Morgan fingerprint density at radius 2 is 1.83 bits per heavy atom. The minimum absolute atomic E-state index is 0.0508. The van der Waals surface area contributed by atoms with E-state index in [0.29, 0.717) is 16.7 Å². The molecule has 2 aromatic carbocycles. The quantitative estimate of drug-likeness (QED) is 0.806. The van der Waals surface area contributed by atoms with Crippen molar-refractivity contribution in [3.05, 3.63) is 59.5 Å². The number of nitrogens with zero attached hydrogens (tertiary/aromatic N) is 2. The predicted molar refractivity (Wildman–Crippen MR) is 85.2 cm³/mol. The maximum absolute atomic E-state index is 13.3. The second-order valence-corrected chi connectivity index (χ2v) is 4.98. The topological polar surface area (TPSA) is 64.1 Å². The summed E-state index contributed by atoms with van der Waals surface area (Å²) in [7, 11) is 1.42. The maximum Gasteiger partial charge on any atom is 0.279 e. The Kier molecular flexibility index (Phi) is 3.89. The molecule has 0 aliphatic rings. The molecular weight excluding hydrogens is 297 g/mol. The number of methoxy groups -OCH3 is 1. The summed E-state index contributed by atoms with van der Waals surface area (Å²) in [6.45, 7) is 1.78. The molecule has 3 aromatic rings. The van der Waals surface area contributed by atoms with Crippen LogP contribution >= 0.6 is 0 Å². The lowest BCUT2D eigenvalue weighted by atomic mass is 10.2. The van der Waals surface area contributed by atoms with Gasteiger partial charge in [0.15, 0.2) is 5.69 Å². The van der Waals surface area contributed by atoms with E-state index in [0.717, 1.165) is 5.56 Å². The SMILES string of the molecule is COc1nc2ccccc2nc1C(=O)Nc1cc(F)ccc1C. The molecule has 0 atom stereocenters. The van der Waals surface area contributed by atoms with Crippen molar-refractivity contribution in [3.63, 3.8) is 0 Å². The Morgan fingerprint density at radius 3 is 2.52 bits per heavy atom. The summed E-state index contributed by atoms with van der Waals surface area (Å²) in [4.78, 5) is 21.1. The molecule has 0 aliphatic heterocycles. The molecule has 1 N–H and O–H groups in total. The number of hydrogen-bond acceptors (Lipinski definition) is 4. The molecule has 0 bridgehead atoms. The summed E-state index contributed by atoms with van der Waals surface area (Å²) in [5.74, 6) is -0.813. The summed E-state index contributed by atoms with van der Waals surface area (Å²) in [6, 6.07) is 11.4. The normalized spacial score (nSPS) is 10.6. The number of carbonyl (C=O) groups is 1. The number of hydrogen-bond donors (Lipinski definition) is 1. The van der Waals surface area contributed by atoms with Crippen molar-refractivity contribution in [3.8, 4) is 5.88 Å². The highest BCUT2D eigenvalue weighted by Gasteiger charge is 2.18. The fourth-order valence-electron chi connectivity index (χ4n) is 2.18. The second kappa shape index (κ2) is 6.00. The van der Waals surface area contributed by atoms with Crippen LogP contribution in [0.3, 0.4) is 0 Å². The van der Waals surface area contributed by atoms with E-state index in [1.54, 1.807) is 25.1 Å². The molecule has 116 valence electrons. The van der Waals surface area contributed by atoms with Crippen molar-refractivity contribution in [2.75, 3.05) is 12.4 Å². The Hall–Kier alpha value is -3.02. The van der Waals surface area contributed by atoms with Crippen LogP contribution in [0.1, 0.15) is 16.1 Å². The fraction of sp³-hybridized carbons (Fsp3) is 0.118. The van der Waals surface area contributed by atoms with Gasteiger partial charge in [0.1, 0.15) is 5.82 Å². The lowest BCUT2D eigenvalue weighted by Gasteiger charge is -2.11.